The summed E-state index contributed by atoms with van der Waals surface area (Å²) in [4.78, 5) is 22.1. The molecule has 2 atom stereocenters. The maximum absolute atomic E-state index is 10.9. The summed E-state index contributed by atoms with van der Waals surface area (Å²) in [5, 5.41) is 13.5. The summed E-state index contributed by atoms with van der Waals surface area (Å²) >= 11 is 1.44. The average Bonchev–Trinajstić information content (AvgIpc) is 2.65. The number of carbonyl (C=O) groups excluding carboxylic acids is 1. The van der Waals surface area contributed by atoms with Crippen molar-refractivity contribution in [2.24, 2.45) is 0 Å². The first-order valence-electron chi connectivity index (χ1n) is 4.60. The number of rotatable bonds is 4. The summed E-state index contributed by atoms with van der Waals surface area (Å²) in [6, 6.07) is 1.61. The van der Waals surface area contributed by atoms with Gasteiger partial charge in [0.25, 0.3) is 0 Å². The molecule has 1 aromatic heterocycles. The van der Waals surface area contributed by atoms with E-state index < -0.39 is 5.97 Å². The zero-order valence-electron chi connectivity index (χ0n) is 8.19. The molecular weight excluding hydrogens is 214 g/mol. The van der Waals surface area contributed by atoms with Crippen LogP contribution in [0, 0.1) is 0 Å². The molecule has 1 aliphatic carbocycles. The first kappa shape index (κ1) is 10.2. The maximum atomic E-state index is 10.9. The van der Waals surface area contributed by atoms with Gasteiger partial charge in [0.05, 0.1) is 5.56 Å². The van der Waals surface area contributed by atoms with Gasteiger partial charge < -0.3 is 10.4 Å². The van der Waals surface area contributed by atoms with E-state index in [-0.39, 0.29) is 11.5 Å². The molecule has 1 amide bonds. The van der Waals surface area contributed by atoms with Gasteiger partial charge in [-0.05, 0) is 24.8 Å². The van der Waals surface area contributed by atoms with E-state index in [4.69, 9.17) is 5.11 Å². The zero-order valence-corrected chi connectivity index (χ0v) is 9.00. The van der Waals surface area contributed by atoms with E-state index in [1.807, 2.05) is 6.92 Å². The molecule has 0 aromatic carbocycles. The van der Waals surface area contributed by atoms with Crippen molar-refractivity contribution in [3.8, 4) is 0 Å². The Labute approximate surface area is 90.9 Å². The lowest BCUT2D eigenvalue weighted by Crippen LogP contribution is -2.28. The van der Waals surface area contributed by atoms with Crippen molar-refractivity contribution in [2.45, 2.75) is 24.8 Å². The molecule has 0 saturated heterocycles. The Kier molecular flexibility index (Phi) is 2.26. The van der Waals surface area contributed by atoms with E-state index >= 15 is 0 Å². The van der Waals surface area contributed by atoms with Crippen LogP contribution in [0.2, 0.25) is 0 Å². The number of thiophene rings is 1. The smallest absolute Gasteiger partial charge is 0.336 e. The third-order valence-electron chi connectivity index (χ3n) is 2.87. The molecular formula is C10H11NO3S. The monoisotopic (exact) mass is 225 g/mol. The Morgan fingerprint density at radius 3 is 3.13 bits per heavy atom. The van der Waals surface area contributed by atoms with Gasteiger partial charge in [-0.15, -0.1) is 11.3 Å². The van der Waals surface area contributed by atoms with Gasteiger partial charge in [-0.25, -0.2) is 4.79 Å². The quantitative estimate of drug-likeness (QED) is 0.762. The average molecular weight is 225 g/mol. The number of carboxylic acids is 1. The maximum Gasteiger partial charge on any atom is 0.336 e. The van der Waals surface area contributed by atoms with Crippen LogP contribution in [0.25, 0.3) is 0 Å². The van der Waals surface area contributed by atoms with Gasteiger partial charge in [-0.3, -0.25) is 4.79 Å². The highest BCUT2D eigenvalue weighted by molar-refractivity contribution is 7.10. The molecule has 0 aliphatic heterocycles. The number of carbonyl (C=O) groups is 2. The molecule has 80 valence electrons. The molecule has 1 aliphatic rings. The molecule has 15 heavy (non-hydrogen) atoms. The summed E-state index contributed by atoms with van der Waals surface area (Å²) in [5.41, 5.74) is 0.109. The SMILES string of the molecule is C[C@]1(NC=O)C[C@H]1c1sccc1C(=O)O. The fourth-order valence-corrected chi connectivity index (χ4v) is 2.95. The first-order chi connectivity index (χ1) is 7.08. The fraction of sp³-hybridized carbons (Fsp3) is 0.400. The van der Waals surface area contributed by atoms with Gasteiger partial charge in [-0.1, -0.05) is 0 Å². The van der Waals surface area contributed by atoms with Crippen LogP contribution in [0.1, 0.15) is 34.5 Å². The van der Waals surface area contributed by atoms with Gasteiger partial charge >= 0.3 is 5.97 Å². The predicted molar refractivity (Wildman–Crippen MR) is 56.2 cm³/mol. The lowest BCUT2D eigenvalue weighted by atomic mass is 10.1. The Hall–Kier alpha value is -1.36. The standard InChI is InChI=1S/C10H11NO3S/c1-10(11-5-12)4-7(10)8-6(9(13)14)2-3-15-8/h2-3,5,7H,4H2,1H3,(H,11,12)(H,13,14)/t7-,10-/m0/s1. The molecule has 0 radical (unpaired) electrons. The second-order valence-electron chi connectivity index (χ2n) is 3.94. The molecule has 2 rings (SSSR count). The molecule has 1 saturated carbocycles. The summed E-state index contributed by atoms with van der Waals surface area (Å²) in [7, 11) is 0. The van der Waals surface area contributed by atoms with Crippen LogP contribution in [-0.4, -0.2) is 23.0 Å². The highest BCUT2D eigenvalue weighted by atomic mass is 32.1. The first-order valence-corrected chi connectivity index (χ1v) is 5.48. The van der Waals surface area contributed by atoms with Gasteiger partial charge in [0.2, 0.25) is 6.41 Å². The largest absolute Gasteiger partial charge is 0.478 e. The number of carboxylic acid groups (broad SMARTS) is 1. The lowest BCUT2D eigenvalue weighted by molar-refractivity contribution is -0.110. The Morgan fingerprint density at radius 2 is 2.53 bits per heavy atom. The van der Waals surface area contributed by atoms with E-state index in [1.165, 1.54) is 11.3 Å². The number of aromatic carboxylic acids is 1. The Morgan fingerprint density at radius 1 is 1.80 bits per heavy atom. The molecule has 1 aromatic rings. The second kappa shape index (κ2) is 3.34. The second-order valence-corrected chi connectivity index (χ2v) is 4.89. The highest BCUT2D eigenvalue weighted by Crippen LogP contribution is 2.53. The van der Waals surface area contributed by atoms with Crippen molar-refractivity contribution in [1.82, 2.24) is 5.32 Å². The molecule has 0 bridgehead atoms. The number of hydrogen-bond acceptors (Lipinski definition) is 3. The molecule has 1 fully saturated rings. The van der Waals surface area contributed by atoms with Crippen LogP contribution in [0.3, 0.4) is 0 Å². The van der Waals surface area contributed by atoms with Gasteiger partial charge in [-0.2, -0.15) is 0 Å². The number of nitrogens with one attached hydrogen (secondary N) is 1. The summed E-state index contributed by atoms with van der Waals surface area (Å²) in [6.07, 6.45) is 1.49. The molecule has 2 N–H and O–H groups in total. The van der Waals surface area contributed by atoms with Crippen LogP contribution in [0.5, 0.6) is 0 Å². The van der Waals surface area contributed by atoms with E-state index in [1.54, 1.807) is 11.4 Å². The molecule has 0 unspecified atom stereocenters. The van der Waals surface area contributed by atoms with Crippen LogP contribution in [0.15, 0.2) is 11.4 Å². The molecule has 4 nitrogen and oxygen atoms in total. The van der Waals surface area contributed by atoms with Crippen LogP contribution < -0.4 is 5.32 Å². The van der Waals surface area contributed by atoms with Gasteiger partial charge in [0, 0.05) is 16.3 Å². The van der Waals surface area contributed by atoms with Crippen molar-refractivity contribution in [3.05, 3.63) is 21.9 Å². The number of amides is 1. The van der Waals surface area contributed by atoms with E-state index in [2.05, 4.69) is 5.32 Å². The minimum Gasteiger partial charge on any atom is -0.478 e. The topological polar surface area (TPSA) is 66.4 Å². The van der Waals surface area contributed by atoms with Gasteiger partial charge in [0.15, 0.2) is 0 Å². The van der Waals surface area contributed by atoms with E-state index in [0.717, 1.165) is 11.3 Å². The van der Waals surface area contributed by atoms with Crippen LogP contribution in [-0.2, 0) is 4.79 Å². The minimum absolute atomic E-state index is 0.147. The van der Waals surface area contributed by atoms with E-state index in [9.17, 15) is 9.59 Å². The summed E-state index contributed by atoms with van der Waals surface area (Å²) in [5.74, 6) is -0.750. The van der Waals surface area contributed by atoms with Crippen LogP contribution in [0.4, 0.5) is 0 Å². The highest BCUT2D eigenvalue weighted by Gasteiger charge is 2.52. The van der Waals surface area contributed by atoms with Gasteiger partial charge in [0.1, 0.15) is 0 Å². The van der Waals surface area contributed by atoms with E-state index in [0.29, 0.717) is 12.0 Å². The normalized spacial score (nSPS) is 28.5. The molecule has 1 heterocycles. The van der Waals surface area contributed by atoms with Crippen molar-refractivity contribution < 1.29 is 14.7 Å². The lowest BCUT2D eigenvalue weighted by Gasteiger charge is -2.08. The third kappa shape index (κ3) is 1.63. The minimum atomic E-state index is -0.897. The number of hydrogen-bond donors (Lipinski definition) is 2. The third-order valence-corrected chi connectivity index (χ3v) is 3.90. The predicted octanol–water partition coefficient (Wildman–Crippen LogP) is 1.44. The van der Waals surface area contributed by atoms with Crippen molar-refractivity contribution >= 4 is 23.7 Å². The molecule has 5 heteroatoms. The van der Waals surface area contributed by atoms with Crippen molar-refractivity contribution in [3.63, 3.8) is 0 Å². The zero-order chi connectivity index (χ0) is 11.1. The Bertz CT molecular complexity index is 415. The van der Waals surface area contributed by atoms with Crippen molar-refractivity contribution in [1.29, 1.82) is 0 Å². The Balaban J connectivity index is 2.23. The van der Waals surface area contributed by atoms with Crippen LogP contribution >= 0.6 is 11.3 Å². The summed E-state index contributed by atoms with van der Waals surface area (Å²) < 4.78 is 0. The molecule has 0 spiro atoms. The fourth-order valence-electron chi connectivity index (χ4n) is 1.81. The summed E-state index contributed by atoms with van der Waals surface area (Å²) in [6.45, 7) is 1.93. The van der Waals surface area contributed by atoms with Crippen molar-refractivity contribution in [2.75, 3.05) is 0 Å².